The van der Waals surface area contributed by atoms with Gasteiger partial charge in [0.05, 0.1) is 6.42 Å². The van der Waals surface area contributed by atoms with E-state index in [1.54, 1.807) is 27.7 Å². The van der Waals surface area contributed by atoms with Gasteiger partial charge in [0.25, 0.3) is 0 Å². The van der Waals surface area contributed by atoms with Crippen molar-refractivity contribution in [3.05, 3.63) is 150 Å². The largest absolute Gasteiger partial charge is 0 e. The molecule has 354 valence electrons. The van der Waals surface area contributed by atoms with Crippen molar-refractivity contribution in [3.63, 3.8) is 0 Å². The minimum atomic E-state index is -6.18. The van der Waals surface area contributed by atoms with Crippen LogP contribution in [-0.2, 0) is 55.2 Å². The minimum absolute atomic E-state index is 0. The van der Waals surface area contributed by atoms with Crippen molar-refractivity contribution < 1.29 is 119 Å². The molecule has 1 atom stereocenters. The Morgan fingerprint density at radius 1 is 0.485 bits per heavy atom. The Kier molecular flexibility index (Phi) is 30.1. The molecule has 0 radical (unpaired) electrons. The number of fused-ring (bicyclic) bond motifs is 1. The number of hydrogen-bond donors (Lipinski definition) is 0. The fourth-order valence-electron chi connectivity index (χ4n) is 6.43. The van der Waals surface area contributed by atoms with Crippen LogP contribution < -0.4 is 21.7 Å². The van der Waals surface area contributed by atoms with Gasteiger partial charge in [0, 0.05) is 26.4 Å². The molecule has 1 aliphatic heterocycles. The molecule has 66 heavy (non-hydrogen) atoms. The molecule has 1 unspecified atom stereocenters. The summed E-state index contributed by atoms with van der Waals surface area (Å²) in [4.78, 5) is 0. The van der Waals surface area contributed by atoms with E-state index in [0.717, 1.165) is 0 Å². The van der Waals surface area contributed by atoms with Crippen molar-refractivity contribution in [2.24, 2.45) is 0 Å². The second kappa shape index (κ2) is 29.9. The Morgan fingerprint density at radius 2 is 0.712 bits per heavy atom. The molecular weight excluding hydrogens is 1180 g/mol. The van der Waals surface area contributed by atoms with Crippen molar-refractivity contribution in [3.8, 4) is 0 Å². The van der Waals surface area contributed by atoms with Gasteiger partial charge >= 0.3 is 56.5 Å². The van der Waals surface area contributed by atoms with Crippen LogP contribution in [0.25, 0.3) is 0 Å². The quantitative estimate of drug-likeness (QED) is 0.0208. The Labute approximate surface area is 394 Å². The van der Waals surface area contributed by atoms with Crippen molar-refractivity contribution in [2.45, 2.75) is 50.5 Å². The number of benzene rings is 4. The molecule has 0 amide bonds. The summed E-state index contributed by atoms with van der Waals surface area (Å²) in [7, 11) is -3.19. The molecule has 1 aliphatic rings. The zero-order valence-corrected chi connectivity index (χ0v) is 39.0. The summed E-state index contributed by atoms with van der Waals surface area (Å²) in [5.41, 5.74) is -8.25. The van der Waals surface area contributed by atoms with Crippen molar-refractivity contribution in [2.75, 3.05) is 0 Å². The molecule has 5 rings (SSSR count). The molecule has 0 aromatic heterocycles. The van der Waals surface area contributed by atoms with Gasteiger partial charge in [0.15, 0.2) is 56.7 Å². The van der Waals surface area contributed by atoms with Gasteiger partial charge in [0.1, 0.15) is 55.1 Å². The monoisotopic (exact) mass is 1200 g/mol. The molecule has 0 saturated carbocycles. The predicted molar refractivity (Wildman–Crippen MR) is 198 cm³/mol. The fourth-order valence-corrected chi connectivity index (χ4v) is 9.20. The van der Waals surface area contributed by atoms with Crippen LogP contribution in [0.4, 0.5) is 65.9 Å². The van der Waals surface area contributed by atoms with Gasteiger partial charge < -0.3 is 4.44 Å². The topological polar surface area (TPSA) is 112 Å². The van der Waals surface area contributed by atoms with Crippen LogP contribution in [-0.4, -0.2) is 32.8 Å². The number of nitrogens with zero attached hydrogens (tertiary/aromatic N) is 1. The van der Waals surface area contributed by atoms with E-state index < -0.39 is 135 Å². The third kappa shape index (κ3) is 13.3. The van der Waals surface area contributed by atoms with Gasteiger partial charge in [-0.05, 0) is 33.3 Å². The molecule has 0 bridgehead atoms. The van der Waals surface area contributed by atoms with Gasteiger partial charge in [0.2, 0.25) is 11.8 Å². The molecular formula is C38H21BCl3F15NO6PW. The second-order valence-corrected chi connectivity index (χ2v) is 16.0. The molecule has 4 aromatic rings. The predicted octanol–water partition coefficient (Wildman–Crippen LogP) is 9.06. The Hall–Kier alpha value is -3.79. The van der Waals surface area contributed by atoms with Crippen molar-refractivity contribution >= 4 is 76.4 Å². The Balaban J connectivity index is -0.00000239. The second-order valence-electron chi connectivity index (χ2n) is 12.2. The van der Waals surface area contributed by atoms with Crippen LogP contribution in [0.3, 0.4) is 0 Å². The summed E-state index contributed by atoms with van der Waals surface area (Å²) in [6.07, 6.45) is -6.44. The van der Waals surface area contributed by atoms with E-state index >= 15 is 52.7 Å². The summed E-state index contributed by atoms with van der Waals surface area (Å²) in [6.45, 7) is 28.8. The molecule has 28 heteroatoms. The first-order valence-electron chi connectivity index (χ1n) is 16.3. The van der Waals surface area contributed by atoms with E-state index in [4.69, 9.17) is 62.5 Å². The van der Waals surface area contributed by atoms with E-state index in [1.165, 1.54) is 28.8 Å². The maximum atomic E-state index is 16.0. The summed E-state index contributed by atoms with van der Waals surface area (Å²) in [5.74, 6) is -46.2. The zero-order chi connectivity index (χ0) is 51.8. The third-order valence-electron chi connectivity index (χ3n) is 8.42. The van der Waals surface area contributed by atoms with E-state index in [1.807, 2.05) is 0 Å². The minimum Gasteiger partial charge on any atom is 0 e. The number of rotatable bonds is 7. The first kappa shape index (κ1) is 66.5. The average molecular weight is 1200 g/mol. The maximum absolute atomic E-state index is 16.0. The summed E-state index contributed by atoms with van der Waals surface area (Å²) < 4.78 is 273. The molecule has 0 fully saturated rings. The molecule has 4 aromatic carbocycles. The smallest absolute Gasteiger partial charge is 0 e. The van der Waals surface area contributed by atoms with Gasteiger partial charge in [-0.3, -0.25) is 0 Å². The first-order chi connectivity index (χ1) is 30.5. The SMILES string of the molecule is CC(C)[N+](=C1Cc2ccccc2P1O[B-](c1c(F)c(F)c(F)c(F)c1F)(c1c(F)c(F)c(F)c(F)c1F)c1c(F)c(F)c(F)c(F)c1F)C(C)C.ClC(Cl)Cl.[C-]#[O+].[C-]#[O+].[C-]#[O+].[C-]#[O+].[C-]#[O+].[W]. The van der Waals surface area contributed by atoms with E-state index in [9.17, 15) is 13.2 Å². The Morgan fingerprint density at radius 3 is 0.955 bits per heavy atom. The van der Waals surface area contributed by atoms with Crippen LogP contribution in [0, 0.1) is 121 Å². The summed E-state index contributed by atoms with van der Waals surface area (Å²) in [5, 5.41) is -0.142. The summed E-state index contributed by atoms with van der Waals surface area (Å²) >= 11 is 14.4. The molecule has 0 saturated heterocycles. The number of alkyl halides is 3. The molecule has 0 spiro atoms. The summed E-state index contributed by atoms with van der Waals surface area (Å²) in [6, 6.07) is 4.10. The molecule has 1 heterocycles. The first-order valence-corrected chi connectivity index (χ1v) is 18.9. The fraction of sp³-hybridized carbons (Fsp3) is 0.211. The van der Waals surface area contributed by atoms with E-state index in [-0.39, 0.29) is 43.8 Å². The Bertz CT molecular complexity index is 2190. The van der Waals surface area contributed by atoms with Crippen LogP contribution in [0.15, 0.2) is 24.3 Å². The van der Waals surface area contributed by atoms with Gasteiger partial charge in [-0.1, -0.05) is 75.5 Å². The number of hydrogen-bond acceptors (Lipinski definition) is 1. The van der Waals surface area contributed by atoms with Crippen LogP contribution in [0.2, 0.25) is 0 Å². The van der Waals surface area contributed by atoms with Crippen LogP contribution in [0.5, 0.6) is 0 Å². The normalized spacial score (nSPS) is 12.0. The van der Waals surface area contributed by atoms with Gasteiger partial charge in [-0.15, -0.1) is 0 Å². The molecule has 0 N–H and O–H groups in total. The van der Waals surface area contributed by atoms with Crippen LogP contribution >= 0.6 is 43.0 Å². The third-order valence-corrected chi connectivity index (χ3v) is 10.7. The van der Waals surface area contributed by atoms with E-state index in [0.29, 0.717) is 0 Å². The average Bonchev–Trinajstić information content (AvgIpc) is 3.64. The van der Waals surface area contributed by atoms with Crippen LogP contribution in [0.1, 0.15) is 33.3 Å². The van der Waals surface area contributed by atoms with Crippen molar-refractivity contribution in [1.82, 2.24) is 0 Å². The number of halogens is 18. The maximum Gasteiger partial charge on any atom is 0 e. The van der Waals surface area contributed by atoms with Crippen molar-refractivity contribution in [1.29, 1.82) is 0 Å². The van der Waals surface area contributed by atoms with E-state index in [2.05, 4.69) is 33.3 Å². The standard InChI is InChI=1S/C32H20BF15NOP.CHCl3.5CO.W/c1-10(2)49(11(3)4)14-9-12-7-5-6-8-13(12)51(14)50-33(15-18(34)24(40)30(46)25(41)19(15)35,16-20(36)26(42)31(47)27(43)21(16)37)17-22(38)28(44)32(48)29(45)23(17)39;2-1(3)4;5*1-2;/h5-8,10-11H,9H2,1-4H3;1H;;;;;;. The van der Waals surface area contributed by atoms with Gasteiger partial charge in [-0.25, -0.2) is 70.4 Å². The molecule has 0 aliphatic carbocycles. The molecule has 7 nitrogen and oxygen atoms in total. The van der Waals surface area contributed by atoms with Gasteiger partial charge in [-0.2, -0.15) is 0 Å². The zero-order valence-electron chi connectivity index (χ0n) is 32.9.